The van der Waals surface area contributed by atoms with Gasteiger partial charge in [-0.2, -0.15) is 0 Å². The Morgan fingerprint density at radius 2 is 1.83 bits per heavy atom. The topological polar surface area (TPSA) is 81.7 Å². The molecule has 0 saturated heterocycles. The van der Waals surface area contributed by atoms with Crippen LogP contribution in [-0.4, -0.2) is 12.5 Å². The van der Waals surface area contributed by atoms with Crippen LogP contribution in [0.3, 0.4) is 0 Å². The van der Waals surface area contributed by atoms with Gasteiger partial charge in [-0.25, -0.2) is 4.39 Å². The fourth-order valence-corrected chi connectivity index (χ4v) is 3.00. The zero-order chi connectivity index (χ0) is 21.3. The van der Waals surface area contributed by atoms with E-state index in [0.717, 1.165) is 11.1 Å². The number of anilines is 1. The summed E-state index contributed by atoms with van der Waals surface area (Å²) >= 11 is 0. The minimum atomic E-state index is -0.508. The molecular formula is C23H18FNO5. The largest absolute Gasteiger partial charge is 0.476 e. The van der Waals surface area contributed by atoms with Gasteiger partial charge in [-0.3, -0.25) is 9.59 Å². The van der Waals surface area contributed by atoms with Crippen LogP contribution in [0.5, 0.6) is 5.75 Å². The number of aryl methyl sites for hydroxylation is 2. The summed E-state index contributed by atoms with van der Waals surface area (Å²) in [6.45, 7) is 3.38. The Morgan fingerprint density at radius 3 is 2.53 bits per heavy atom. The zero-order valence-electron chi connectivity index (χ0n) is 16.3. The van der Waals surface area contributed by atoms with Crippen LogP contribution in [0.1, 0.15) is 11.1 Å². The molecule has 7 heteroatoms. The molecule has 1 amide bonds. The molecule has 2 aromatic carbocycles. The lowest BCUT2D eigenvalue weighted by atomic mass is 10.1. The van der Waals surface area contributed by atoms with Gasteiger partial charge >= 0.3 is 0 Å². The van der Waals surface area contributed by atoms with Crippen LogP contribution in [0.15, 0.2) is 68.4 Å². The number of hydrogen-bond donors (Lipinski definition) is 1. The van der Waals surface area contributed by atoms with E-state index < -0.39 is 23.8 Å². The Balaban J connectivity index is 1.68. The van der Waals surface area contributed by atoms with E-state index in [9.17, 15) is 14.0 Å². The molecule has 6 nitrogen and oxygen atoms in total. The van der Waals surface area contributed by atoms with Crippen molar-refractivity contribution in [1.82, 2.24) is 0 Å². The van der Waals surface area contributed by atoms with Gasteiger partial charge < -0.3 is 18.9 Å². The molecular weight excluding hydrogens is 389 g/mol. The number of ether oxygens (including phenoxy) is 1. The number of carbonyl (C=O) groups excluding carboxylic acids is 1. The number of carbonyl (C=O) groups is 1. The average molecular weight is 407 g/mol. The van der Waals surface area contributed by atoms with Crippen molar-refractivity contribution >= 4 is 22.6 Å². The van der Waals surface area contributed by atoms with Crippen molar-refractivity contribution in [1.29, 1.82) is 0 Å². The molecule has 0 radical (unpaired) electrons. The van der Waals surface area contributed by atoms with E-state index in [1.165, 1.54) is 30.5 Å². The van der Waals surface area contributed by atoms with Crippen LogP contribution < -0.4 is 15.5 Å². The van der Waals surface area contributed by atoms with E-state index in [0.29, 0.717) is 22.4 Å². The standard InChI is InChI=1S/C23H18FNO5/c1-13-10-17-19(11-14(13)2)30-22(18-4-3-9-28-18)23(21(17)27)29-12-20(26)25-16-7-5-15(24)6-8-16/h3-11H,12H2,1-2H3,(H,25,26). The Hall–Kier alpha value is -3.87. The van der Waals surface area contributed by atoms with Gasteiger partial charge in [-0.1, -0.05) is 0 Å². The lowest BCUT2D eigenvalue weighted by molar-refractivity contribution is -0.118. The minimum absolute atomic E-state index is 0.107. The third-order valence-electron chi connectivity index (χ3n) is 4.69. The molecule has 0 atom stereocenters. The highest BCUT2D eigenvalue weighted by Crippen LogP contribution is 2.32. The summed E-state index contributed by atoms with van der Waals surface area (Å²) in [6, 6.07) is 12.1. The Morgan fingerprint density at radius 1 is 1.10 bits per heavy atom. The molecule has 0 unspecified atom stereocenters. The van der Waals surface area contributed by atoms with Gasteiger partial charge in [-0.15, -0.1) is 0 Å². The molecule has 2 aromatic heterocycles. The zero-order valence-corrected chi connectivity index (χ0v) is 16.3. The summed E-state index contributed by atoms with van der Waals surface area (Å²) in [5.74, 6) is -0.621. The highest BCUT2D eigenvalue weighted by Gasteiger charge is 2.21. The summed E-state index contributed by atoms with van der Waals surface area (Å²) in [4.78, 5) is 25.4. The summed E-state index contributed by atoms with van der Waals surface area (Å²) in [5.41, 5.74) is 2.31. The highest BCUT2D eigenvalue weighted by atomic mass is 19.1. The fraction of sp³-hybridized carbons (Fsp3) is 0.130. The molecule has 0 aliphatic rings. The fourth-order valence-electron chi connectivity index (χ4n) is 3.00. The minimum Gasteiger partial charge on any atom is -0.476 e. The van der Waals surface area contributed by atoms with Gasteiger partial charge in [0, 0.05) is 5.69 Å². The number of benzene rings is 2. The lowest BCUT2D eigenvalue weighted by Crippen LogP contribution is -2.22. The monoisotopic (exact) mass is 407 g/mol. The molecule has 0 bridgehead atoms. The first-order chi connectivity index (χ1) is 14.4. The quantitative estimate of drug-likeness (QED) is 0.513. The van der Waals surface area contributed by atoms with Crippen molar-refractivity contribution in [2.24, 2.45) is 0 Å². The predicted molar refractivity (Wildman–Crippen MR) is 110 cm³/mol. The van der Waals surface area contributed by atoms with Crippen molar-refractivity contribution in [3.63, 3.8) is 0 Å². The van der Waals surface area contributed by atoms with E-state index in [1.807, 2.05) is 13.8 Å². The van der Waals surface area contributed by atoms with Crippen molar-refractivity contribution in [3.8, 4) is 17.3 Å². The van der Waals surface area contributed by atoms with Crippen LogP contribution in [0, 0.1) is 19.7 Å². The Labute approximate surface area is 170 Å². The first kappa shape index (κ1) is 19.4. The first-order valence-corrected chi connectivity index (χ1v) is 9.22. The van der Waals surface area contributed by atoms with Crippen LogP contribution in [0.2, 0.25) is 0 Å². The summed E-state index contributed by atoms with van der Waals surface area (Å²) in [7, 11) is 0. The molecule has 152 valence electrons. The van der Waals surface area contributed by atoms with E-state index in [2.05, 4.69) is 5.32 Å². The van der Waals surface area contributed by atoms with Crippen LogP contribution >= 0.6 is 0 Å². The highest BCUT2D eigenvalue weighted by molar-refractivity contribution is 5.92. The molecule has 2 heterocycles. The number of furan rings is 1. The Bertz CT molecular complexity index is 1270. The van der Waals surface area contributed by atoms with Crippen LogP contribution in [-0.2, 0) is 4.79 Å². The van der Waals surface area contributed by atoms with Gasteiger partial charge in [0.1, 0.15) is 11.4 Å². The summed E-state index contributed by atoms with van der Waals surface area (Å²) in [6.07, 6.45) is 1.45. The number of halogens is 1. The summed E-state index contributed by atoms with van der Waals surface area (Å²) < 4.78 is 29.9. The molecule has 4 aromatic rings. The van der Waals surface area contributed by atoms with Gasteiger partial charge in [0.15, 0.2) is 12.4 Å². The van der Waals surface area contributed by atoms with Gasteiger partial charge in [0.05, 0.1) is 11.6 Å². The lowest BCUT2D eigenvalue weighted by Gasteiger charge is -2.11. The second-order valence-corrected chi connectivity index (χ2v) is 6.84. The summed E-state index contributed by atoms with van der Waals surface area (Å²) in [5, 5.41) is 2.93. The predicted octanol–water partition coefficient (Wildman–Crippen LogP) is 4.83. The number of amides is 1. The van der Waals surface area contributed by atoms with Crippen LogP contribution in [0.4, 0.5) is 10.1 Å². The van der Waals surface area contributed by atoms with Crippen molar-refractivity contribution in [3.05, 3.63) is 82.0 Å². The van der Waals surface area contributed by atoms with Crippen molar-refractivity contribution in [2.75, 3.05) is 11.9 Å². The maximum Gasteiger partial charge on any atom is 0.262 e. The smallest absolute Gasteiger partial charge is 0.262 e. The number of nitrogens with one attached hydrogen (secondary N) is 1. The normalized spacial score (nSPS) is 10.9. The van der Waals surface area contributed by atoms with E-state index in [-0.39, 0.29) is 11.5 Å². The third kappa shape index (κ3) is 3.82. The first-order valence-electron chi connectivity index (χ1n) is 9.22. The Kier molecular flexibility index (Phi) is 5.10. The van der Waals surface area contributed by atoms with E-state index in [4.69, 9.17) is 13.6 Å². The van der Waals surface area contributed by atoms with E-state index >= 15 is 0 Å². The molecule has 0 spiro atoms. The second kappa shape index (κ2) is 7.87. The maximum atomic E-state index is 13.1. The number of hydrogen-bond acceptors (Lipinski definition) is 5. The number of rotatable bonds is 5. The maximum absolute atomic E-state index is 13.1. The van der Waals surface area contributed by atoms with Crippen LogP contribution in [0.25, 0.3) is 22.5 Å². The molecule has 0 aliphatic heterocycles. The SMILES string of the molecule is Cc1cc2oc(-c3ccco3)c(OCC(=O)Nc3ccc(F)cc3)c(=O)c2cc1C. The van der Waals surface area contributed by atoms with Gasteiger partial charge in [-0.05, 0) is 73.5 Å². The van der Waals surface area contributed by atoms with Crippen molar-refractivity contribution in [2.45, 2.75) is 13.8 Å². The molecule has 0 saturated carbocycles. The molecule has 4 rings (SSSR count). The van der Waals surface area contributed by atoms with Crippen molar-refractivity contribution < 1.29 is 22.8 Å². The third-order valence-corrected chi connectivity index (χ3v) is 4.69. The molecule has 0 fully saturated rings. The molecule has 1 N–H and O–H groups in total. The molecule has 30 heavy (non-hydrogen) atoms. The average Bonchev–Trinajstić information content (AvgIpc) is 3.25. The molecule has 0 aliphatic carbocycles. The van der Waals surface area contributed by atoms with Gasteiger partial charge in [0.25, 0.3) is 5.91 Å². The van der Waals surface area contributed by atoms with E-state index in [1.54, 1.807) is 24.3 Å². The van der Waals surface area contributed by atoms with Gasteiger partial charge in [0.2, 0.25) is 16.9 Å². The number of fused-ring (bicyclic) bond motifs is 1. The second-order valence-electron chi connectivity index (χ2n) is 6.84.